The lowest BCUT2D eigenvalue weighted by molar-refractivity contribution is -0.134. The zero-order valence-electron chi connectivity index (χ0n) is 17.4. The zero-order chi connectivity index (χ0) is 20.7. The molecule has 0 saturated heterocycles. The summed E-state index contributed by atoms with van der Waals surface area (Å²) in [6, 6.07) is 7.28. The number of aryl methyl sites for hydroxylation is 1. The fourth-order valence-corrected chi connectivity index (χ4v) is 6.54. The molecule has 1 saturated carbocycles. The number of benzene rings is 1. The van der Waals surface area contributed by atoms with E-state index < -0.39 is 5.97 Å². The van der Waals surface area contributed by atoms with E-state index >= 15 is 0 Å². The highest BCUT2D eigenvalue weighted by Crippen LogP contribution is 2.44. The fraction of sp³-hybridized carbons (Fsp3) is 0.583. The highest BCUT2D eigenvalue weighted by molar-refractivity contribution is 8.00. The molecule has 1 atom stereocenters. The largest absolute Gasteiger partial charge is 0.481 e. The van der Waals surface area contributed by atoms with E-state index in [1.54, 1.807) is 0 Å². The van der Waals surface area contributed by atoms with Crippen LogP contribution in [0, 0.1) is 0 Å². The van der Waals surface area contributed by atoms with Gasteiger partial charge < -0.3 is 14.6 Å². The lowest BCUT2D eigenvalue weighted by Gasteiger charge is -2.40. The van der Waals surface area contributed by atoms with Gasteiger partial charge in [0.1, 0.15) is 0 Å². The molecular formula is C24H30N2O3S. The van der Waals surface area contributed by atoms with Gasteiger partial charge in [-0.15, -0.1) is 11.8 Å². The number of aromatic nitrogens is 1. The molecule has 160 valence electrons. The van der Waals surface area contributed by atoms with Crippen LogP contribution in [0.1, 0.15) is 73.7 Å². The molecule has 1 N–H and O–H groups in total. The van der Waals surface area contributed by atoms with Gasteiger partial charge in [-0.25, -0.2) is 0 Å². The summed E-state index contributed by atoms with van der Waals surface area (Å²) in [6.45, 7) is 1.55. The Morgan fingerprint density at radius 2 is 1.87 bits per heavy atom. The average Bonchev–Trinajstić information content (AvgIpc) is 3.09. The van der Waals surface area contributed by atoms with E-state index in [-0.39, 0.29) is 23.5 Å². The predicted octanol–water partition coefficient (Wildman–Crippen LogP) is 4.73. The van der Waals surface area contributed by atoms with Crippen molar-refractivity contribution in [3.05, 3.63) is 35.0 Å². The Morgan fingerprint density at radius 1 is 1.03 bits per heavy atom. The molecule has 1 aromatic heterocycles. The van der Waals surface area contributed by atoms with Gasteiger partial charge in [0.05, 0.1) is 17.5 Å². The third-order valence-corrected chi connectivity index (χ3v) is 8.15. The molecule has 3 aliphatic rings. The number of amides is 1. The van der Waals surface area contributed by atoms with Gasteiger partial charge in [-0.3, -0.25) is 9.59 Å². The Kier molecular flexibility index (Phi) is 5.52. The number of hydrogen-bond donors (Lipinski definition) is 1. The van der Waals surface area contributed by atoms with Crippen LogP contribution in [0.25, 0.3) is 10.9 Å². The molecule has 1 aliphatic heterocycles. The summed E-state index contributed by atoms with van der Waals surface area (Å²) in [5.41, 5.74) is 5.63. The number of rotatable bonds is 5. The van der Waals surface area contributed by atoms with Crippen LogP contribution in [-0.4, -0.2) is 44.5 Å². The molecule has 2 aromatic rings. The summed E-state index contributed by atoms with van der Waals surface area (Å²) < 4.78 is 2.47. The number of aliphatic carboxylic acids is 1. The summed E-state index contributed by atoms with van der Waals surface area (Å²) in [7, 11) is 0. The van der Waals surface area contributed by atoms with Crippen molar-refractivity contribution in [3.8, 4) is 0 Å². The van der Waals surface area contributed by atoms with Crippen molar-refractivity contribution in [2.45, 2.75) is 69.9 Å². The molecule has 0 radical (unpaired) electrons. The molecule has 6 heteroatoms. The van der Waals surface area contributed by atoms with Crippen LogP contribution >= 0.6 is 11.8 Å². The standard InChI is InChI=1S/C24H30N2O3S/c27-22(14-30-15-23(28)29)25-11-12-26-20-10-9-17(16-5-2-1-3-6-16)13-19(20)18-7-4-8-21(25)24(18)26/h9-10,13,16,21H,1-8,11-12,14-15H2,(H,28,29). The van der Waals surface area contributed by atoms with Crippen molar-refractivity contribution in [3.63, 3.8) is 0 Å². The topological polar surface area (TPSA) is 62.5 Å². The van der Waals surface area contributed by atoms with Gasteiger partial charge >= 0.3 is 5.97 Å². The molecule has 2 aliphatic carbocycles. The fourth-order valence-electron chi connectivity index (χ4n) is 5.92. The van der Waals surface area contributed by atoms with Crippen molar-refractivity contribution in [1.29, 1.82) is 0 Å². The first-order chi connectivity index (χ1) is 14.6. The quantitative estimate of drug-likeness (QED) is 0.751. The monoisotopic (exact) mass is 426 g/mol. The van der Waals surface area contributed by atoms with Crippen LogP contribution in [-0.2, 0) is 22.6 Å². The first-order valence-corrected chi connectivity index (χ1v) is 12.5. The van der Waals surface area contributed by atoms with E-state index in [1.165, 1.54) is 71.6 Å². The average molecular weight is 427 g/mol. The SMILES string of the molecule is O=C(O)CSCC(=O)N1CCn2c3c(c4cc(C5CCCCC5)ccc42)CCCC31. The summed E-state index contributed by atoms with van der Waals surface area (Å²) in [5, 5.41) is 10.3. The van der Waals surface area contributed by atoms with Gasteiger partial charge in [0.25, 0.3) is 0 Å². The van der Waals surface area contributed by atoms with Gasteiger partial charge in [-0.2, -0.15) is 0 Å². The van der Waals surface area contributed by atoms with Crippen LogP contribution in [0.15, 0.2) is 18.2 Å². The van der Waals surface area contributed by atoms with Crippen LogP contribution in [0.3, 0.4) is 0 Å². The first kappa shape index (κ1) is 20.0. The van der Waals surface area contributed by atoms with E-state index in [2.05, 4.69) is 22.8 Å². The molecule has 1 fully saturated rings. The molecule has 0 bridgehead atoms. The molecule has 5 rings (SSSR count). The maximum atomic E-state index is 12.9. The van der Waals surface area contributed by atoms with E-state index in [9.17, 15) is 9.59 Å². The lowest BCUT2D eigenvalue weighted by atomic mass is 9.83. The van der Waals surface area contributed by atoms with E-state index in [0.29, 0.717) is 5.92 Å². The minimum absolute atomic E-state index is 0.0142. The molecule has 5 nitrogen and oxygen atoms in total. The maximum absolute atomic E-state index is 12.9. The normalized spacial score (nSPS) is 21.6. The Hall–Kier alpha value is -1.95. The summed E-state index contributed by atoms with van der Waals surface area (Å²) in [6.07, 6.45) is 9.91. The summed E-state index contributed by atoms with van der Waals surface area (Å²) in [5.74, 6) is 0.166. The minimum atomic E-state index is -0.861. The molecular weight excluding hydrogens is 396 g/mol. The Bertz CT molecular complexity index is 976. The van der Waals surface area contributed by atoms with Crippen molar-refractivity contribution in [2.75, 3.05) is 18.1 Å². The van der Waals surface area contributed by atoms with Gasteiger partial charge in [0.2, 0.25) is 5.91 Å². The first-order valence-electron chi connectivity index (χ1n) is 11.4. The highest BCUT2D eigenvalue weighted by atomic mass is 32.2. The van der Waals surface area contributed by atoms with Crippen LogP contribution < -0.4 is 0 Å². The second kappa shape index (κ2) is 8.29. The molecule has 2 heterocycles. The highest BCUT2D eigenvalue weighted by Gasteiger charge is 2.37. The number of fused-ring (bicyclic) bond motifs is 3. The molecule has 0 spiro atoms. The smallest absolute Gasteiger partial charge is 0.313 e. The Labute approximate surface area is 181 Å². The van der Waals surface area contributed by atoms with Crippen molar-refractivity contribution in [1.82, 2.24) is 9.47 Å². The second-order valence-electron chi connectivity index (χ2n) is 9.01. The van der Waals surface area contributed by atoms with E-state index in [1.807, 2.05) is 4.90 Å². The van der Waals surface area contributed by atoms with Crippen LogP contribution in [0.5, 0.6) is 0 Å². The molecule has 1 amide bonds. The summed E-state index contributed by atoms with van der Waals surface area (Å²) >= 11 is 1.20. The number of carboxylic acid groups (broad SMARTS) is 1. The minimum Gasteiger partial charge on any atom is -0.481 e. The maximum Gasteiger partial charge on any atom is 0.313 e. The molecule has 1 unspecified atom stereocenters. The van der Waals surface area contributed by atoms with Crippen LogP contribution in [0.2, 0.25) is 0 Å². The van der Waals surface area contributed by atoms with Gasteiger partial charge in [-0.1, -0.05) is 25.3 Å². The third kappa shape index (κ3) is 3.53. The zero-order valence-corrected chi connectivity index (χ0v) is 18.3. The molecule has 30 heavy (non-hydrogen) atoms. The number of nitrogens with zero attached hydrogens (tertiary/aromatic N) is 2. The summed E-state index contributed by atoms with van der Waals surface area (Å²) in [4.78, 5) is 25.7. The van der Waals surface area contributed by atoms with Crippen LogP contribution in [0.4, 0.5) is 0 Å². The van der Waals surface area contributed by atoms with Gasteiger partial charge in [-0.05, 0) is 61.3 Å². The second-order valence-corrected chi connectivity index (χ2v) is 9.99. The lowest BCUT2D eigenvalue weighted by Crippen LogP contribution is -2.44. The number of hydrogen-bond acceptors (Lipinski definition) is 3. The van der Waals surface area contributed by atoms with Crippen molar-refractivity contribution >= 4 is 34.5 Å². The Morgan fingerprint density at radius 3 is 2.67 bits per heavy atom. The van der Waals surface area contributed by atoms with Crippen molar-refractivity contribution < 1.29 is 14.7 Å². The number of carboxylic acids is 1. The van der Waals surface area contributed by atoms with E-state index in [0.717, 1.165) is 32.4 Å². The van der Waals surface area contributed by atoms with Gasteiger partial charge in [0.15, 0.2) is 0 Å². The molecule has 1 aromatic carbocycles. The number of carbonyl (C=O) groups is 2. The number of thioether (sulfide) groups is 1. The number of carbonyl (C=O) groups excluding carboxylic acids is 1. The predicted molar refractivity (Wildman–Crippen MR) is 120 cm³/mol. The Balaban J connectivity index is 1.46. The third-order valence-electron chi connectivity index (χ3n) is 7.25. The van der Waals surface area contributed by atoms with Crippen molar-refractivity contribution in [2.24, 2.45) is 0 Å². The van der Waals surface area contributed by atoms with Gasteiger partial charge in [0, 0.05) is 29.7 Å². The van der Waals surface area contributed by atoms with E-state index in [4.69, 9.17) is 5.11 Å².